The van der Waals surface area contributed by atoms with E-state index < -0.39 is 10.0 Å². The maximum Gasteiger partial charge on any atom is 0.289 e. The lowest BCUT2D eigenvalue weighted by Gasteiger charge is -2.33. The fourth-order valence-electron chi connectivity index (χ4n) is 4.18. The second-order valence-electron chi connectivity index (χ2n) is 8.24. The van der Waals surface area contributed by atoms with Crippen LogP contribution in [-0.4, -0.2) is 55.5 Å². The van der Waals surface area contributed by atoms with E-state index in [-0.39, 0.29) is 42.8 Å². The van der Waals surface area contributed by atoms with Crippen LogP contribution in [0.3, 0.4) is 0 Å². The summed E-state index contributed by atoms with van der Waals surface area (Å²) in [5.74, 6) is -0.111. The van der Waals surface area contributed by atoms with Gasteiger partial charge in [-0.25, -0.2) is 8.42 Å². The first-order valence-electron chi connectivity index (χ1n) is 10.5. The molecule has 168 valence electrons. The molecule has 0 radical (unpaired) electrons. The first-order chi connectivity index (χ1) is 15.1. The summed E-state index contributed by atoms with van der Waals surface area (Å²) < 4.78 is 33.4. The van der Waals surface area contributed by atoms with Crippen LogP contribution in [0, 0.1) is 20.8 Å². The Bertz CT molecular complexity index is 1330. The average molecular weight is 455 g/mol. The number of aryl methyl sites for hydroxylation is 3. The van der Waals surface area contributed by atoms with Gasteiger partial charge in [0.1, 0.15) is 5.58 Å². The van der Waals surface area contributed by atoms with E-state index in [1.807, 2.05) is 32.9 Å². The summed E-state index contributed by atoms with van der Waals surface area (Å²) in [6.07, 6.45) is 0. The molecule has 3 aromatic rings. The molecule has 1 aliphatic heterocycles. The van der Waals surface area contributed by atoms with Gasteiger partial charge in [0, 0.05) is 42.7 Å². The zero-order valence-electron chi connectivity index (χ0n) is 18.6. The molecule has 4 rings (SSSR count). The number of amides is 1. The molecule has 2 heterocycles. The Morgan fingerprint density at radius 1 is 0.938 bits per heavy atom. The van der Waals surface area contributed by atoms with Gasteiger partial charge in [0.2, 0.25) is 10.0 Å². The number of nitrogens with zero attached hydrogens (tertiary/aromatic N) is 2. The van der Waals surface area contributed by atoms with Crippen molar-refractivity contribution in [1.82, 2.24) is 9.21 Å². The molecule has 1 aromatic heterocycles. The molecule has 1 fully saturated rings. The summed E-state index contributed by atoms with van der Waals surface area (Å²) in [6.45, 7) is 8.10. The smallest absolute Gasteiger partial charge is 0.289 e. The molecule has 0 aliphatic carbocycles. The normalized spacial score (nSPS) is 15.3. The van der Waals surface area contributed by atoms with E-state index in [0.29, 0.717) is 11.3 Å². The fourth-order valence-corrected chi connectivity index (χ4v) is 5.65. The monoisotopic (exact) mass is 454 g/mol. The molecule has 1 aliphatic rings. The van der Waals surface area contributed by atoms with Crippen molar-refractivity contribution in [3.8, 4) is 0 Å². The van der Waals surface area contributed by atoms with Gasteiger partial charge in [0.05, 0.1) is 4.90 Å². The molecule has 0 atom stereocenters. The number of furan rings is 1. The van der Waals surface area contributed by atoms with Gasteiger partial charge in [-0.1, -0.05) is 24.3 Å². The van der Waals surface area contributed by atoms with Crippen LogP contribution >= 0.6 is 0 Å². The number of Topliss-reactive ketones (excluding diaryl/α,β-unsaturated/α-hetero) is 1. The Balaban J connectivity index is 1.53. The van der Waals surface area contributed by atoms with Crippen LogP contribution < -0.4 is 0 Å². The molecular weight excluding hydrogens is 428 g/mol. The zero-order valence-corrected chi connectivity index (χ0v) is 19.5. The van der Waals surface area contributed by atoms with Crippen molar-refractivity contribution in [2.45, 2.75) is 32.6 Å². The van der Waals surface area contributed by atoms with Gasteiger partial charge in [-0.2, -0.15) is 4.31 Å². The number of piperazine rings is 1. The summed E-state index contributed by atoms with van der Waals surface area (Å²) >= 11 is 0. The Labute approximate surface area is 187 Å². The van der Waals surface area contributed by atoms with Crippen molar-refractivity contribution in [1.29, 1.82) is 0 Å². The van der Waals surface area contributed by atoms with Gasteiger partial charge in [0.15, 0.2) is 11.5 Å². The minimum absolute atomic E-state index is 0.0871. The second kappa shape index (κ2) is 8.18. The zero-order chi connectivity index (χ0) is 23.2. The molecule has 32 heavy (non-hydrogen) atoms. The third-order valence-electron chi connectivity index (χ3n) is 6.08. The molecule has 1 amide bonds. The molecule has 0 saturated carbocycles. The molecule has 0 N–H and O–H groups in total. The molecule has 7 nitrogen and oxygen atoms in total. The summed E-state index contributed by atoms with van der Waals surface area (Å²) in [6, 6.07) is 10.0. The third-order valence-corrected chi connectivity index (χ3v) is 7.98. The molecule has 0 bridgehead atoms. The predicted molar refractivity (Wildman–Crippen MR) is 122 cm³/mol. The van der Waals surface area contributed by atoms with Gasteiger partial charge in [-0.3, -0.25) is 9.59 Å². The summed E-state index contributed by atoms with van der Waals surface area (Å²) in [5.41, 5.74) is 3.90. The highest BCUT2D eigenvalue weighted by atomic mass is 32.2. The Morgan fingerprint density at radius 3 is 2.22 bits per heavy atom. The molecular formula is C24H26N2O5S. The van der Waals surface area contributed by atoms with E-state index in [2.05, 4.69) is 0 Å². The summed E-state index contributed by atoms with van der Waals surface area (Å²) in [5, 5.41) is 0.958. The highest BCUT2D eigenvalue weighted by molar-refractivity contribution is 7.89. The van der Waals surface area contributed by atoms with Crippen LogP contribution in [0.1, 0.15) is 44.5 Å². The topological polar surface area (TPSA) is 87.9 Å². The van der Waals surface area contributed by atoms with Gasteiger partial charge < -0.3 is 9.32 Å². The second-order valence-corrected chi connectivity index (χ2v) is 10.2. The third kappa shape index (κ3) is 3.73. The van der Waals surface area contributed by atoms with Crippen LogP contribution in [0.25, 0.3) is 11.0 Å². The molecule has 8 heteroatoms. The first-order valence-corrected chi connectivity index (χ1v) is 11.9. The Morgan fingerprint density at radius 2 is 1.59 bits per heavy atom. The number of carbonyl (C=O) groups excluding carboxylic acids is 2. The van der Waals surface area contributed by atoms with Crippen molar-refractivity contribution in [2.24, 2.45) is 0 Å². The number of hydrogen-bond acceptors (Lipinski definition) is 5. The van der Waals surface area contributed by atoms with Gasteiger partial charge in [-0.05, 0) is 51.0 Å². The number of fused-ring (bicyclic) bond motifs is 1. The lowest BCUT2D eigenvalue weighted by Crippen LogP contribution is -2.50. The number of ketones is 1. The lowest BCUT2D eigenvalue weighted by molar-refractivity contribution is 0.0667. The lowest BCUT2D eigenvalue weighted by atomic mass is 10.0. The maximum absolute atomic E-state index is 13.2. The van der Waals surface area contributed by atoms with Crippen molar-refractivity contribution < 1.29 is 22.4 Å². The first kappa shape index (κ1) is 22.2. The minimum Gasteiger partial charge on any atom is -0.450 e. The largest absolute Gasteiger partial charge is 0.450 e. The van der Waals surface area contributed by atoms with E-state index in [1.165, 1.54) is 23.4 Å². The average Bonchev–Trinajstić information content (AvgIpc) is 3.14. The van der Waals surface area contributed by atoms with E-state index in [4.69, 9.17) is 4.42 Å². The van der Waals surface area contributed by atoms with Crippen LogP contribution in [0.2, 0.25) is 0 Å². The van der Waals surface area contributed by atoms with Crippen molar-refractivity contribution >= 4 is 32.7 Å². The summed E-state index contributed by atoms with van der Waals surface area (Å²) in [7, 11) is -3.75. The SMILES string of the molecule is CC(=O)c1cccc(S(=O)(=O)N2CCN(C(=O)c3oc4c(C)ccc(C)c4c3C)CC2)c1. The number of sulfonamides is 1. The molecule has 0 unspecified atom stereocenters. The van der Waals surface area contributed by atoms with Crippen molar-refractivity contribution in [2.75, 3.05) is 26.2 Å². The number of benzene rings is 2. The van der Waals surface area contributed by atoms with E-state index in [9.17, 15) is 18.0 Å². The van der Waals surface area contributed by atoms with Crippen LogP contribution in [-0.2, 0) is 10.0 Å². The Hall–Kier alpha value is -2.97. The molecule has 0 spiro atoms. The van der Waals surface area contributed by atoms with Crippen LogP contribution in [0.15, 0.2) is 45.7 Å². The standard InChI is InChI=1S/C24H26N2O5S/c1-15-8-9-16(2)22-21(15)17(3)23(31-22)24(28)25-10-12-26(13-11-25)32(29,30)20-7-5-6-19(14-20)18(4)27/h5-9,14H,10-13H2,1-4H3. The van der Waals surface area contributed by atoms with Gasteiger partial charge in [0.25, 0.3) is 5.91 Å². The van der Waals surface area contributed by atoms with Crippen molar-refractivity contribution in [3.05, 3.63) is 64.4 Å². The minimum atomic E-state index is -3.75. The van der Waals surface area contributed by atoms with E-state index in [1.54, 1.807) is 17.0 Å². The summed E-state index contributed by atoms with van der Waals surface area (Å²) in [4.78, 5) is 26.5. The molecule has 2 aromatic carbocycles. The van der Waals surface area contributed by atoms with E-state index in [0.717, 1.165) is 27.7 Å². The fraction of sp³-hybridized carbons (Fsp3) is 0.333. The van der Waals surface area contributed by atoms with E-state index >= 15 is 0 Å². The molecule has 1 saturated heterocycles. The number of carbonyl (C=O) groups is 2. The number of rotatable bonds is 4. The quantitative estimate of drug-likeness (QED) is 0.561. The predicted octanol–water partition coefficient (Wildman–Crippen LogP) is 3.71. The Kier molecular flexibility index (Phi) is 5.68. The van der Waals surface area contributed by atoms with Gasteiger partial charge in [-0.15, -0.1) is 0 Å². The van der Waals surface area contributed by atoms with Crippen LogP contribution in [0.4, 0.5) is 0 Å². The van der Waals surface area contributed by atoms with Crippen molar-refractivity contribution in [3.63, 3.8) is 0 Å². The number of hydrogen-bond donors (Lipinski definition) is 0. The van der Waals surface area contributed by atoms with Crippen LogP contribution in [0.5, 0.6) is 0 Å². The maximum atomic E-state index is 13.2. The highest BCUT2D eigenvalue weighted by Crippen LogP contribution is 2.31. The highest BCUT2D eigenvalue weighted by Gasteiger charge is 2.32. The van der Waals surface area contributed by atoms with Gasteiger partial charge >= 0.3 is 0 Å².